The molecule has 1 aliphatic heterocycles. The van der Waals surface area contributed by atoms with Gasteiger partial charge in [-0.2, -0.15) is 0 Å². The summed E-state index contributed by atoms with van der Waals surface area (Å²) in [7, 11) is 2.06. The minimum Gasteiger partial charge on any atom is -0.379 e. The molecule has 17 heavy (non-hydrogen) atoms. The van der Waals surface area contributed by atoms with Gasteiger partial charge in [0.25, 0.3) is 0 Å². The molecule has 0 unspecified atom stereocenters. The Bertz CT molecular complexity index is 352. The molecule has 0 radical (unpaired) electrons. The Morgan fingerprint density at radius 1 is 1.35 bits per heavy atom. The molecular formula is C12H20N4O. The van der Waals surface area contributed by atoms with E-state index in [-0.39, 0.29) is 0 Å². The molecule has 2 heterocycles. The third-order valence-electron chi connectivity index (χ3n) is 2.99. The first kappa shape index (κ1) is 12.3. The summed E-state index contributed by atoms with van der Waals surface area (Å²) in [6.07, 6.45) is 3.59. The van der Waals surface area contributed by atoms with E-state index in [1.54, 1.807) is 6.20 Å². The average Bonchev–Trinajstić information content (AvgIpc) is 2.37. The van der Waals surface area contributed by atoms with Crippen LogP contribution in [-0.2, 0) is 4.74 Å². The first-order valence-electron chi connectivity index (χ1n) is 6.05. The summed E-state index contributed by atoms with van der Waals surface area (Å²) in [6, 6.07) is 0. The van der Waals surface area contributed by atoms with Gasteiger partial charge in [0.2, 0.25) is 0 Å². The van der Waals surface area contributed by atoms with Gasteiger partial charge in [0.1, 0.15) is 5.82 Å². The van der Waals surface area contributed by atoms with Crippen molar-refractivity contribution in [3.05, 3.63) is 18.1 Å². The van der Waals surface area contributed by atoms with Crippen LogP contribution in [0.2, 0.25) is 0 Å². The van der Waals surface area contributed by atoms with Gasteiger partial charge in [0.15, 0.2) is 0 Å². The number of morpholine rings is 1. The van der Waals surface area contributed by atoms with Crippen LogP contribution in [0.3, 0.4) is 0 Å². The lowest BCUT2D eigenvalue weighted by molar-refractivity contribution is 0.0392. The van der Waals surface area contributed by atoms with Crippen molar-refractivity contribution in [1.29, 1.82) is 0 Å². The van der Waals surface area contributed by atoms with Crippen LogP contribution in [0.15, 0.2) is 12.4 Å². The van der Waals surface area contributed by atoms with Crippen LogP contribution in [0.5, 0.6) is 0 Å². The molecule has 1 aliphatic rings. The van der Waals surface area contributed by atoms with Gasteiger partial charge in [0, 0.05) is 39.4 Å². The average molecular weight is 236 g/mol. The number of anilines is 1. The number of rotatable bonds is 4. The van der Waals surface area contributed by atoms with Gasteiger partial charge in [0.05, 0.1) is 25.1 Å². The fourth-order valence-electron chi connectivity index (χ4n) is 1.86. The van der Waals surface area contributed by atoms with Crippen molar-refractivity contribution in [2.75, 3.05) is 51.3 Å². The highest BCUT2D eigenvalue weighted by Crippen LogP contribution is 2.07. The number of nitrogens with zero attached hydrogens (tertiary/aromatic N) is 4. The van der Waals surface area contributed by atoms with E-state index in [0.717, 1.165) is 50.9 Å². The molecule has 0 saturated carbocycles. The van der Waals surface area contributed by atoms with Crippen molar-refractivity contribution in [3.8, 4) is 0 Å². The predicted molar refractivity (Wildman–Crippen MR) is 67.3 cm³/mol. The molecule has 5 nitrogen and oxygen atoms in total. The Morgan fingerprint density at radius 3 is 2.82 bits per heavy atom. The van der Waals surface area contributed by atoms with Gasteiger partial charge in [-0.25, -0.2) is 4.98 Å². The summed E-state index contributed by atoms with van der Waals surface area (Å²) < 4.78 is 5.33. The summed E-state index contributed by atoms with van der Waals surface area (Å²) in [5.41, 5.74) is 0.959. The lowest BCUT2D eigenvalue weighted by Crippen LogP contribution is -2.40. The molecule has 0 aromatic carbocycles. The summed E-state index contributed by atoms with van der Waals surface area (Å²) in [6.45, 7) is 7.77. The van der Waals surface area contributed by atoms with E-state index in [1.807, 2.05) is 13.1 Å². The highest BCUT2D eigenvalue weighted by Gasteiger charge is 2.11. The second-order valence-electron chi connectivity index (χ2n) is 4.39. The number of likely N-dealkylation sites (N-methyl/N-ethyl adjacent to an activating group) is 1. The Hall–Kier alpha value is -1.20. The molecule has 0 atom stereocenters. The normalized spacial score (nSPS) is 17.1. The number of aryl methyl sites for hydroxylation is 1. The Balaban J connectivity index is 1.82. The topological polar surface area (TPSA) is 41.5 Å². The maximum absolute atomic E-state index is 5.33. The van der Waals surface area contributed by atoms with Crippen LogP contribution in [0.4, 0.5) is 5.82 Å². The quantitative estimate of drug-likeness (QED) is 0.764. The second kappa shape index (κ2) is 5.93. The van der Waals surface area contributed by atoms with Gasteiger partial charge in [-0.05, 0) is 6.92 Å². The molecule has 1 saturated heterocycles. The van der Waals surface area contributed by atoms with E-state index in [9.17, 15) is 0 Å². The van der Waals surface area contributed by atoms with E-state index < -0.39 is 0 Å². The molecule has 0 aliphatic carbocycles. The highest BCUT2D eigenvalue weighted by atomic mass is 16.5. The van der Waals surface area contributed by atoms with Crippen molar-refractivity contribution < 1.29 is 4.74 Å². The van der Waals surface area contributed by atoms with Crippen LogP contribution in [-0.4, -0.2) is 61.3 Å². The van der Waals surface area contributed by atoms with Gasteiger partial charge in [-0.3, -0.25) is 9.88 Å². The third-order valence-corrected chi connectivity index (χ3v) is 2.99. The zero-order valence-electron chi connectivity index (χ0n) is 10.6. The second-order valence-corrected chi connectivity index (χ2v) is 4.39. The minimum absolute atomic E-state index is 0.855. The largest absolute Gasteiger partial charge is 0.379 e. The predicted octanol–water partition coefficient (Wildman–Crippen LogP) is 0.553. The van der Waals surface area contributed by atoms with Gasteiger partial charge < -0.3 is 9.64 Å². The van der Waals surface area contributed by atoms with Crippen molar-refractivity contribution >= 4 is 5.82 Å². The standard InChI is InChI=1S/C12H20N4O/c1-11-9-13-10-12(14-11)15(2)3-4-16-5-7-17-8-6-16/h9-10H,3-8H2,1-2H3. The fraction of sp³-hybridized carbons (Fsp3) is 0.667. The number of aromatic nitrogens is 2. The Labute approximate surface area is 102 Å². The Kier molecular flexibility index (Phi) is 4.28. The lowest BCUT2D eigenvalue weighted by atomic mass is 10.4. The molecule has 0 bridgehead atoms. The zero-order chi connectivity index (χ0) is 12.1. The fourth-order valence-corrected chi connectivity index (χ4v) is 1.86. The third kappa shape index (κ3) is 3.64. The molecular weight excluding hydrogens is 216 g/mol. The molecule has 5 heteroatoms. The number of hydrogen-bond acceptors (Lipinski definition) is 5. The molecule has 0 spiro atoms. The SMILES string of the molecule is Cc1cncc(N(C)CCN2CCOCC2)n1. The van der Waals surface area contributed by atoms with Crippen LogP contribution < -0.4 is 4.90 Å². The van der Waals surface area contributed by atoms with Crippen molar-refractivity contribution in [2.45, 2.75) is 6.92 Å². The summed E-state index contributed by atoms with van der Waals surface area (Å²) in [4.78, 5) is 13.2. The monoisotopic (exact) mass is 236 g/mol. The summed E-state index contributed by atoms with van der Waals surface area (Å²) in [5, 5.41) is 0. The highest BCUT2D eigenvalue weighted by molar-refractivity contribution is 5.34. The minimum atomic E-state index is 0.855. The van der Waals surface area contributed by atoms with Gasteiger partial charge in [-0.15, -0.1) is 0 Å². The molecule has 0 amide bonds. The van der Waals surface area contributed by atoms with Crippen LogP contribution >= 0.6 is 0 Å². The number of ether oxygens (including phenoxy) is 1. The van der Waals surface area contributed by atoms with Crippen molar-refractivity contribution in [3.63, 3.8) is 0 Å². The van der Waals surface area contributed by atoms with E-state index >= 15 is 0 Å². The molecule has 1 aromatic rings. The molecule has 1 fully saturated rings. The first-order valence-corrected chi connectivity index (χ1v) is 6.05. The maximum Gasteiger partial charge on any atom is 0.147 e. The molecule has 1 aromatic heterocycles. The smallest absolute Gasteiger partial charge is 0.147 e. The van der Waals surface area contributed by atoms with Crippen LogP contribution in [0, 0.1) is 6.92 Å². The van der Waals surface area contributed by atoms with Crippen LogP contribution in [0.1, 0.15) is 5.69 Å². The first-order chi connectivity index (χ1) is 8.25. The van der Waals surface area contributed by atoms with Gasteiger partial charge >= 0.3 is 0 Å². The summed E-state index contributed by atoms with van der Waals surface area (Å²) >= 11 is 0. The van der Waals surface area contributed by atoms with E-state index in [2.05, 4.69) is 26.8 Å². The molecule has 0 N–H and O–H groups in total. The molecule has 94 valence electrons. The molecule has 2 rings (SSSR count). The van der Waals surface area contributed by atoms with E-state index in [4.69, 9.17) is 4.74 Å². The van der Waals surface area contributed by atoms with E-state index in [0.29, 0.717) is 0 Å². The maximum atomic E-state index is 5.33. The van der Waals surface area contributed by atoms with Gasteiger partial charge in [-0.1, -0.05) is 0 Å². The number of hydrogen-bond donors (Lipinski definition) is 0. The van der Waals surface area contributed by atoms with Crippen molar-refractivity contribution in [1.82, 2.24) is 14.9 Å². The zero-order valence-corrected chi connectivity index (χ0v) is 10.6. The van der Waals surface area contributed by atoms with Crippen LogP contribution in [0.25, 0.3) is 0 Å². The van der Waals surface area contributed by atoms with E-state index in [1.165, 1.54) is 0 Å². The Morgan fingerprint density at radius 2 is 2.12 bits per heavy atom. The van der Waals surface area contributed by atoms with Crippen molar-refractivity contribution in [2.24, 2.45) is 0 Å². The summed E-state index contributed by atoms with van der Waals surface area (Å²) in [5.74, 6) is 0.943. The lowest BCUT2D eigenvalue weighted by Gasteiger charge is -2.28.